The largest absolute Gasteiger partial charge is 0.337 e. The van der Waals surface area contributed by atoms with Crippen LogP contribution in [0, 0.1) is 23.2 Å². The number of H-pyrrole nitrogens is 1. The Morgan fingerprint density at radius 3 is 2.58 bits per heavy atom. The number of aromatic amines is 1. The lowest BCUT2D eigenvalue weighted by Gasteiger charge is -2.56. The Morgan fingerprint density at radius 2 is 1.88 bits per heavy atom. The molecule has 6 rings (SSSR count). The summed E-state index contributed by atoms with van der Waals surface area (Å²) in [6.07, 6.45) is 10.1. The van der Waals surface area contributed by atoms with Crippen LogP contribution in [0.25, 0.3) is 10.9 Å². The van der Waals surface area contributed by atoms with E-state index in [1.165, 1.54) is 38.5 Å². The van der Waals surface area contributed by atoms with E-state index in [0.717, 1.165) is 40.9 Å². The standard InChI is InChI=1S/C19H24N4O/c24-18(22-16-2-1-15-10-21-23-17(15)6-16)20-11-19-7-12-3-13(8-19)5-14(4-12)9-19/h1-2,6,10,12-14H,3-5,7-9,11H2,(H,21,23)(H2,20,22,24). The second-order valence-corrected chi connectivity index (χ2v) is 8.40. The van der Waals surface area contributed by atoms with Crippen LogP contribution in [0.5, 0.6) is 0 Å². The van der Waals surface area contributed by atoms with Crippen molar-refractivity contribution >= 4 is 22.6 Å². The van der Waals surface area contributed by atoms with Crippen molar-refractivity contribution < 1.29 is 4.79 Å². The number of benzene rings is 1. The van der Waals surface area contributed by atoms with Gasteiger partial charge in [-0.15, -0.1) is 0 Å². The molecule has 3 N–H and O–H groups in total. The first-order chi connectivity index (χ1) is 11.7. The Bertz CT molecular complexity index is 745. The Morgan fingerprint density at radius 1 is 1.17 bits per heavy atom. The lowest BCUT2D eigenvalue weighted by atomic mass is 9.49. The summed E-state index contributed by atoms with van der Waals surface area (Å²) in [6.45, 7) is 0.828. The van der Waals surface area contributed by atoms with Gasteiger partial charge in [0.1, 0.15) is 0 Å². The number of urea groups is 1. The van der Waals surface area contributed by atoms with Gasteiger partial charge in [0.25, 0.3) is 0 Å². The van der Waals surface area contributed by atoms with Crippen molar-refractivity contribution in [3.63, 3.8) is 0 Å². The number of amides is 2. The SMILES string of the molecule is O=C(NCC12CC3CC(CC(C3)C1)C2)Nc1ccc2cn[nH]c2c1. The molecule has 1 aromatic carbocycles. The van der Waals surface area contributed by atoms with Gasteiger partial charge in [0.2, 0.25) is 0 Å². The second-order valence-electron chi connectivity index (χ2n) is 8.40. The first-order valence-electron chi connectivity index (χ1n) is 9.15. The maximum Gasteiger partial charge on any atom is 0.319 e. The van der Waals surface area contributed by atoms with Crippen molar-refractivity contribution in [2.24, 2.45) is 23.2 Å². The highest BCUT2D eigenvalue weighted by Crippen LogP contribution is 2.59. The zero-order chi connectivity index (χ0) is 16.1. The number of anilines is 1. The highest BCUT2D eigenvalue weighted by atomic mass is 16.2. The Balaban J connectivity index is 1.23. The van der Waals surface area contributed by atoms with Crippen molar-refractivity contribution in [2.75, 3.05) is 11.9 Å². The highest BCUT2D eigenvalue weighted by molar-refractivity contribution is 5.92. The third-order valence-electron chi connectivity index (χ3n) is 6.49. The van der Waals surface area contributed by atoms with Crippen LogP contribution < -0.4 is 10.6 Å². The molecule has 4 aliphatic rings. The van der Waals surface area contributed by atoms with Crippen molar-refractivity contribution in [3.05, 3.63) is 24.4 Å². The molecule has 4 bridgehead atoms. The zero-order valence-electron chi connectivity index (χ0n) is 13.8. The van der Waals surface area contributed by atoms with Crippen molar-refractivity contribution in [1.82, 2.24) is 15.5 Å². The van der Waals surface area contributed by atoms with E-state index in [9.17, 15) is 4.79 Å². The van der Waals surface area contributed by atoms with Crippen LogP contribution in [-0.4, -0.2) is 22.8 Å². The molecule has 0 spiro atoms. The van der Waals surface area contributed by atoms with Gasteiger partial charge in [-0.2, -0.15) is 5.10 Å². The Kier molecular flexibility index (Phi) is 3.12. The van der Waals surface area contributed by atoms with Crippen LogP contribution in [0.4, 0.5) is 10.5 Å². The molecule has 4 saturated carbocycles. The number of fused-ring (bicyclic) bond motifs is 1. The van der Waals surface area contributed by atoms with E-state index in [2.05, 4.69) is 20.8 Å². The average Bonchev–Trinajstić information content (AvgIpc) is 2.99. The summed E-state index contributed by atoms with van der Waals surface area (Å²) in [6, 6.07) is 5.71. The zero-order valence-corrected chi connectivity index (χ0v) is 13.8. The van der Waals surface area contributed by atoms with Gasteiger partial charge >= 0.3 is 6.03 Å². The van der Waals surface area contributed by atoms with Gasteiger partial charge in [0.05, 0.1) is 11.7 Å². The van der Waals surface area contributed by atoms with Gasteiger partial charge in [0.15, 0.2) is 0 Å². The molecule has 0 aliphatic heterocycles. The number of hydrogen-bond acceptors (Lipinski definition) is 2. The number of nitrogens with zero attached hydrogens (tertiary/aromatic N) is 1. The monoisotopic (exact) mass is 324 g/mol. The molecule has 1 aromatic heterocycles. The molecule has 2 amide bonds. The Hall–Kier alpha value is -2.04. The molecule has 5 nitrogen and oxygen atoms in total. The normalized spacial score (nSPS) is 33.8. The van der Waals surface area contributed by atoms with Gasteiger partial charge in [0, 0.05) is 17.6 Å². The number of carbonyl (C=O) groups excluding carboxylic acids is 1. The summed E-state index contributed by atoms with van der Waals surface area (Å²) in [4.78, 5) is 12.3. The Labute approximate surface area is 141 Å². The van der Waals surface area contributed by atoms with Gasteiger partial charge in [-0.25, -0.2) is 4.79 Å². The van der Waals surface area contributed by atoms with Gasteiger partial charge < -0.3 is 10.6 Å². The van der Waals surface area contributed by atoms with Gasteiger partial charge in [-0.1, -0.05) is 0 Å². The van der Waals surface area contributed by atoms with Gasteiger partial charge in [-0.05, 0) is 79.9 Å². The molecule has 4 fully saturated rings. The van der Waals surface area contributed by atoms with Crippen LogP contribution in [0.1, 0.15) is 38.5 Å². The second kappa shape index (κ2) is 5.23. The molecule has 0 atom stereocenters. The fraction of sp³-hybridized carbons (Fsp3) is 0.579. The molecule has 0 radical (unpaired) electrons. The maximum absolute atomic E-state index is 12.3. The molecule has 5 heteroatoms. The smallest absolute Gasteiger partial charge is 0.319 e. The minimum Gasteiger partial charge on any atom is -0.337 e. The van der Waals surface area contributed by atoms with Gasteiger partial charge in [-0.3, -0.25) is 5.10 Å². The number of rotatable bonds is 3. The lowest BCUT2D eigenvalue weighted by Crippen LogP contribution is -2.51. The number of carbonyl (C=O) groups is 1. The topological polar surface area (TPSA) is 69.8 Å². The fourth-order valence-corrected chi connectivity index (χ4v) is 5.96. The minimum absolute atomic E-state index is 0.0930. The quantitative estimate of drug-likeness (QED) is 0.801. The fourth-order valence-electron chi connectivity index (χ4n) is 5.96. The van der Waals surface area contributed by atoms with Crippen LogP contribution in [-0.2, 0) is 0 Å². The van der Waals surface area contributed by atoms with Crippen LogP contribution in [0.2, 0.25) is 0 Å². The van der Waals surface area contributed by atoms with Crippen molar-refractivity contribution in [1.29, 1.82) is 0 Å². The van der Waals surface area contributed by atoms with E-state index in [-0.39, 0.29) is 6.03 Å². The summed E-state index contributed by atoms with van der Waals surface area (Å²) in [5.74, 6) is 2.76. The lowest BCUT2D eigenvalue weighted by molar-refractivity contribution is -0.0496. The van der Waals surface area contributed by atoms with Crippen LogP contribution >= 0.6 is 0 Å². The summed E-state index contributed by atoms with van der Waals surface area (Å²) < 4.78 is 0. The van der Waals surface area contributed by atoms with E-state index in [4.69, 9.17) is 0 Å². The van der Waals surface area contributed by atoms with Crippen LogP contribution in [0.15, 0.2) is 24.4 Å². The predicted molar refractivity (Wildman–Crippen MR) is 93.7 cm³/mol. The number of nitrogens with one attached hydrogen (secondary N) is 3. The third kappa shape index (κ3) is 2.46. The third-order valence-corrected chi connectivity index (χ3v) is 6.49. The van der Waals surface area contributed by atoms with E-state index < -0.39 is 0 Å². The number of hydrogen-bond donors (Lipinski definition) is 3. The van der Waals surface area contributed by atoms with E-state index in [1.807, 2.05) is 18.2 Å². The molecule has 4 aliphatic carbocycles. The van der Waals surface area contributed by atoms with E-state index in [1.54, 1.807) is 6.20 Å². The molecule has 1 heterocycles. The summed E-state index contributed by atoms with van der Waals surface area (Å²) in [7, 11) is 0. The minimum atomic E-state index is -0.0930. The maximum atomic E-state index is 12.3. The molecule has 2 aromatic rings. The number of aromatic nitrogens is 2. The highest BCUT2D eigenvalue weighted by Gasteiger charge is 2.50. The molecule has 0 saturated heterocycles. The average molecular weight is 324 g/mol. The summed E-state index contributed by atoms with van der Waals surface area (Å²) in [5, 5.41) is 14.1. The predicted octanol–water partition coefficient (Wildman–Crippen LogP) is 3.90. The summed E-state index contributed by atoms with van der Waals surface area (Å²) >= 11 is 0. The molecule has 0 unspecified atom stereocenters. The molecule has 126 valence electrons. The first-order valence-corrected chi connectivity index (χ1v) is 9.15. The van der Waals surface area contributed by atoms with Crippen molar-refractivity contribution in [3.8, 4) is 0 Å². The molecular formula is C19H24N4O. The summed E-state index contributed by atoms with van der Waals surface area (Å²) in [5.41, 5.74) is 2.11. The van der Waals surface area contributed by atoms with Crippen molar-refractivity contribution in [2.45, 2.75) is 38.5 Å². The molecule has 24 heavy (non-hydrogen) atoms. The van der Waals surface area contributed by atoms with E-state index in [0.29, 0.717) is 5.41 Å². The van der Waals surface area contributed by atoms with Crippen LogP contribution in [0.3, 0.4) is 0 Å². The first kappa shape index (κ1) is 14.3. The molecular weight excluding hydrogens is 300 g/mol. The van der Waals surface area contributed by atoms with E-state index >= 15 is 0 Å².